The molecule has 2 N–H and O–H groups in total. The van der Waals surface area contributed by atoms with Gasteiger partial charge in [0.1, 0.15) is 9.88 Å². The van der Waals surface area contributed by atoms with Crippen molar-refractivity contribution in [3.8, 4) is 10.6 Å². The van der Waals surface area contributed by atoms with Gasteiger partial charge in [0, 0.05) is 18.2 Å². The fraction of sp³-hybridized carbons (Fsp3) is 0.421. The number of nitrogens with one attached hydrogen (secondary N) is 2. The average Bonchev–Trinajstić information content (AvgIpc) is 3.19. The zero-order valence-corrected chi connectivity index (χ0v) is 16.1. The number of para-hydroxylation sites is 1. The molecule has 5 rings (SSSR count). The van der Waals surface area contributed by atoms with Crippen LogP contribution >= 0.6 is 11.3 Å². The summed E-state index contributed by atoms with van der Waals surface area (Å²) in [7, 11) is 0. The lowest BCUT2D eigenvalue weighted by atomic mass is 9.84. The molecule has 1 aromatic carbocycles. The van der Waals surface area contributed by atoms with Crippen LogP contribution in [0.5, 0.6) is 0 Å². The Bertz CT molecular complexity index is 922. The van der Waals surface area contributed by atoms with Gasteiger partial charge in [0.15, 0.2) is 0 Å². The van der Waals surface area contributed by atoms with E-state index in [1.165, 1.54) is 18.3 Å². The molecule has 2 amide bonds. The quantitative estimate of drug-likeness (QED) is 0.791. The van der Waals surface area contributed by atoms with Crippen molar-refractivity contribution in [3.63, 3.8) is 0 Å². The number of nitrogens with zero attached hydrogens (tertiary/aromatic N) is 2. The predicted octanol–water partition coefficient (Wildman–Crippen LogP) is 3.13. The third-order valence-corrected chi connectivity index (χ3v) is 6.39. The van der Waals surface area contributed by atoms with E-state index in [-0.39, 0.29) is 17.6 Å². The minimum absolute atomic E-state index is 0.00600. The van der Waals surface area contributed by atoms with Gasteiger partial charge in [-0.05, 0) is 44.0 Å². The fourth-order valence-electron chi connectivity index (χ4n) is 3.84. The van der Waals surface area contributed by atoms with E-state index >= 15 is 0 Å². The maximum Gasteiger partial charge on any atom is 0.471 e. The van der Waals surface area contributed by atoms with Crippen LogP contribution in [0.3, 0.4) is 0 Å². The van der Waals surface area contributed by atoms with Crippen LogP contribution in [0.1, 0.15) is 22.5 Å². The number of halogens is 3. The van der Waals surface area contributed by atoms with Gasteiger partial charge < -0.3 is 15.5 Å². The van der Waals surface area contributed by atoms with Crippen molar-refractivity contribution in [1.82, 2.24) is 15.2 Å². The number of carbonyl (C=O) groups excluding carboxylic acids is 2. The molecule has 0 radical (unpaired) electrons. The molecule has 29 heavy (non-hydrogen) atoms. The van der Waals surface area contributed by atoms with Crippen molar-refractivity contribution >= 4 is 28.8 Å². The van der Waals surface area contributed by atoms with Crippen LogP contribution in [0.15, 0.2) is 30.5 Å². The molecule has 0 spiro atoms. The van der Waals surface area contributed by atoms with Gasteiger partial charge >= 0.3 is 12.1 Å². The Morgan fingerprint density at radius 3 is 2.55 bits per heavy atom. The average molecular weight is 424 g/mol. The Labute approximate surface area is 169 Å². The molecule has 6 nitrogen and oxygen atoms in total. The van der Waals surface area contributed by atoms with Crippen LogP contribution in [0.2, 0.25) is 0 Å². The van der Waals surface area contributed by atoms with Crippen LogP contribution in [-0.2, 0) is 4.79 Å². The van der Waals surface area contributed by atoms with E-state index in [4.69, 9.17) is 0 Å². The Kier molecular flexibility index (Phi) is 5.30. The highest BCUT2D eigenvalue weighted by molar-refractivity contribution is 7.17. The Balaban J connectivity index is 1.49. The van der Waals surface area contributed by atoms with E-state index in [9.17, 15) is 22.8 Å². The number of alkyl halides is 3. The van der Waals surface area contributed by atoms with Crippen molar-refractivity contribution in [1.29, 1.82) is 0 Å². The van der Waals surface area contributed by atoms with Crippen LogP contribution in [0.4, 0.5) is 18.9 Å². The maximum atomic E-state index is 12.7. The first-order valence-electron chi connectivity index (χ1n) is 9.28. The van der Waals surface area contributed by atoms with E-state index in [2.05, 4.69) is 15.2 Å². The summed E-state index contributed by atoms with van der Waals surface area (Å²) in [5.74, 6) is -1.80. The second kappa shape index (κ2) is 7.75. The van der Waals surface area contributed by atoms with Crippen LogP contribution in [-0.4, -0.2) is 53.6 Å². The summed E-state index contributed by atoms with van der Waals surface area (Å²) in [5, 5.41) is 5.30. The minimum Gasteiger partial charge on any atom is -0.347 e. The largest absolute Gasteiger partial charge is 0.471 e. The van der Waals surface area contributed by atoms with Gasteiger partial charge in [-0.2, -0.15) is 13.2 Å². The van der Waals surface area contributed by atoms with Crippen molar-refractivity contribution < 1.29 is 22.8 Å². The van der Waals surface area contributed by atoms with E-state index in [1.54, 1.807) is 12.1 Å². The van der Waals surface area contributed by atoms with Crippen LogP contribution < -0.4 is 10.6 Å². The number of anilines is 1. The monoisotopic (exact) mass is 424 g/mol. The van der Waals surface area contributed by atoms with E-state index < -0.39 is 12.1 Å². The molecule has 0 saturated carbocycles. The molecule has 0 aliphatic carbocycles. The molecule has 2 aromatic rings. The Morgan fingerprint density at radius 2 is 1.90 bits per heavy atom. The topological polar surface area (TPSA) is 74.3 Å². The highest BCUT2D eigenvalue weighted by Gasteiger charge is 2.39. The van der Waals surface area contributed by atoms with Crippen molar-refractivity contribution in [3.05, 3.63) is 35.3 Å². The number of benzene rings is 1. The lowest BCUT2D eigenvalue weighted by Gasteiger charge is -2.44. The number of hydrogen-bond donors (Lipinski definition) is 2. The SMILES string of the molecule is O=C(NC1CN2CCC1CC2)c1cnc(-c2ccccc2NC(=O)C(F)(F)F)s1. The first-order chi connectivity index (χ1) is 13.8. The number of amides is 2. The summed E-state index contributed by atoms with van der Waals surface area (Å²) in [6.07, 6.45) is -1.42. The molecule has 3 aliphatic rings. The maximum absolute atomic E-state index is 12.7. The number of piperidine rings is 3. The number of rotatable bonds is 4. The predicted molar refractivity (Wildman–Crippen MR) is 103 cm³/mol. The first-order valence-corrected chi connectivity index (χ1v) is 10.1. The van der Waals surface area contributed by atoms with Gasteiger partial charge in [0.25, 0.3) is 5.91 Å². The van der Waals surface area contributed by atoms with Gasteiger partial charge in [-0.3, -0.25) is 9.59 Å². The first kappa shape index (κ1) is 19.8. The molecule has 3 aliphatic heterocycles. The molecule has 10 heteroatoms. The molecule has 3 fully saturated rings. The summed E-state index contributed by atoms with van der Waals surface area (Å²) in [5.41, 5.74) is 0.325. The summed E-state index contributed by atoms with van der Waals surface area (Å²) in [6.45, 7) is 2.98. The smallest absolute Gasteiger partial charge is 0.347 e. The third kappa shape index (κ3) is 4.27. The molecule has 4 heterocycles. The van der Waals surface area contributed by atoms with E-state index in [1.807, 2.05) is 5.32 Å². The zero-order chi connectivity index (χ0) is 20.6. The Morgan fingerprint density at radius 1 is 1.17 bits per heavy atom. The lowest BCUT2D eigenvalue weighted by molar-refractivity contribution is -0.167. The number of fused-ring (bicyclic) bond motifs is 3. The summed E-state index contributed by atoms with van der Waals surface area (Å²) in [6, 6.07) is 6.18. The number of hydrogen-bond acceptors (Lipinski definition) is 5. The van der Waals surface area contributed by atoms with E-state index in [0.29, 0.717) is 21.4 Å². The number of carbonyl (C=O) groups is 2. The van der Waals surface area contributed by atoms with Gasteiger partial charge in [0.05, 0.1) is 11.9 Å². The molecular weight excluding hydrogens is 405 g/mol. The fourth-order valence-corrected chi connectivity index (χ4v) is 4.70. The molecule has 1 unspecified atom stereocenters. The highest BCUT2D eigenvalue weighted by Crippen LogP contribution is 2.33. The highest BCUT2D eigenvalue weighted by atomic mass is 32.1. The van der Waals surface area contributed by atoms with E-state index in [0.717, 1.165) is 43.8 Å². The molecule has 3 saturated heterocycles. The molecule has 154 valence electrons. The van der Waals surface area contributed by atoms with Gasteiger partial charge in [-0.25, -0.2) is 4.98 Å². The summed E-state index contributed by atoms with van der Waals surface area (Å²) < 4.78 is 37.8. The second-order valence-corrected chi connectivity index (χ2v) is 8.28. The number of thiazole rings is 1. The van der Waals surface area contributed by atoms with Crippen molar-refractivity contribution in [2.45, 2.75) is 25.1 Å². The second-order valence-electron chi connectivity index (χ2n) is 7.25. The molecule has 1 aromatic heterocycles. The van der Waals surface area contributed by atoms with Gasteiger partial charge in [-0.1, -0.05) is 12.1 Å². The van der Waals surface area contributed by atoms with Crippen LogP contribution in [0, 0.1) is 5.92 Å². The summed E-state index contributed by atoms with van der Waals surface area (Å²) in [4.78, 5) is 30.9. The molecule has 1 atom stereocenters. The standard InChI is InChI=1S/C19H19F3N4O2S/c20-19(21,22)18(28)25-13-4-2-1-3-12(13)17-23-9-15(29-17)16(27)24-14-10-26-7-5-11(14)6-8-26/h1-4,9,11,14H,5-8,10H2,(H,24,27)(H,25,28). The molecule has 2 bridgehead atoms. The van der Waals surface area contributed by atoms with Crippen molar-refractivity contribution in [2.75, 3.05) is 25.0 Å². The third-order valence-electron chi connectivity index (χ3n) is 5.37. The molecular formula is C19H19F3N4O2S. The zero-order valence-electron chi connectivity index (χ0n) is 15.3. The number of aromatic nitrogens is 1. The summed E-state index contributed by atoms with van der Waals surface area (Å²) >= 11 is 1.08. The normalized spacial score (nSPS) is 23.6. The van der Waals surface area contributed by atoms with Gasteiger partial charge in [0.2, 0.25) is 0 Å². The van der Waals surface area contributed by atoms with Crippen LogP contribution in [0.25, 0.3) is 10.6 Å². The Hall–Kier alpha value is -2.46. The van der Waals surface area contributed by atoms with Crippen molar-refractivity contribution in [2.24, 2.45) is 5.92 Å². The van der Waals surface area contributed by atoms with Gasteiger partial charge in [-0.15, -0.1) is 11.3 Å². The minimum atomic E-state index is -4.99. The lowest BCUT2D eigenvalue weighted by Crippen LogP contribution is -2.57.